The largest absolute Gasteiger partial charge is 0.383 e. The van der Waals surface area contributed by atoms with Crippen LogP contribution in [0, 0.1) is 17.2 Å². The van der Waals surface area contributed by atoms with Crippen molar-refractivity contribution in [2.75, 3.05) is 19.5 Å². The minimum Gasteiger partial charge on any atom is -0.383 e. The number of thioether (sulfide) groups is 1. The van der Waals surface area contributed by atoms with Crippen molar-refractivity contribution in [3.8, 4) is 6.07 Å². The van der Waals surface area contributed by atoms with Gasteiger partial charge in [0.1, 0.15) is 5.54 Å². The lowest BCUT2D eigenvalue weighted by molar-refractivity contribution is -0.119. The summed E-state index contributed by atoms with van der Waals surface area (Å²) >= 11 is 1.19. The van der Waals surface area contributed by atoms with Crippen molar-refractivity contribution in [3.63, 3.8) is 0 Å². The van der Waals surface area contributed by atoms with Crippen molar-refractivity contribution in [2.45, 2.75) is 37.0 Å². The smallest absolute Gasteiger partial charge is 0.262 e. The minimum absolute atomic E-state index is 0.0851. The number of rotatable bonds is 8. The van der Waals surface area contributed by atoms with Crippen LogP contribution in [0.5, 0.6) is 0 Å². The van der Waals surface area contributed by atoms with E-state index in [9.17, 15) is 14.9 Å². The van der Waals surface area contributed by atoms with Crippen LogP contribution < -0.4 is 10.9 Å². The molecule has 0 bridgehead atoms. The predicted octanol–water partition coefficient (Wildman–Crippen LogP) is 1.94. The highest BCUT2D eigenvalue weighted by Crippen LogP contribution is 2.39. The Labute approximate surface area is 161 Å². The van der Waals surface area contributed by atoms with Crippen LogP contribution in [-0.4, -0.2) is 40.5 Å². The molecule has 0 saturated heterocycles. The Morgan fingerprint density at radius 3 is 2.89 bits per heavy atom. The normalized spacial score (nSPS) is 15.9. The second kappa shape index (κ2) is 8.11. The Balaban J connectivity index is 1.80. The molecule has 7 nitrogen and oxygen atoms in total. The number of benzene rings is 1. The summed E-state index contributed by atoms with van der Waals surface area (Å²) in [6.07, 6.45) is 1.92. The molecule has 1 atom stereocenters. The Bertz CT molecular complexity index is 948. The van der Waals surface area contributed by atoms with Crippen molar-refractivity contribution >= 4 is 28.6 Å². The monoisotopic (exact) mass is 386 g/mol. The van der Waals surface area contributed by atoms with Gasteiger partial charge >= 0.3 is 0 Å². The summed E-state index contributed by atoms with van der Waals surface area (Å²) < 4.78 is 6.63. The Kier molecular flexibility index (Phi) is 5.82. The van der Waals surface area contributed by atoms with Crippen LogP contribution in [0.3, 0.4) is 0 Å². The molecule has 8 heteroatoms. The quantitative estimate of drug-likeness (QED) is 0.550. The topological polar surface area (TPSA) is 97.0 Å². The molecule has 1 N–H and O–H groups in total. The number of nitriles is 1. The lowest BCUT2D eigenvalue weighted by Crippen LogP contribution is -2.47. The summed E-state index contributed by atoms with van der Waals surface area (Å²) in [6.45, 7) is 2.49. The highest BCUT2D eigenvalue weighted by atomic mass is 32.2. The molecule has 1 aromatic carbocycles. The lowest BCUT2D eigenvalue weighted by atomic mass is 9.98. The average molecular weight is 386 g/mol. The Morgan fingerprint density at radius 2 is 2.22 bits per heavy atom. The molecule has 27 heavy (non-hydrogen) atoms. The summed E-state index contributed by atoms with van der Waals surface area (Å²) in [5.74, 6) is 0.0636. The second-order valence-electron chi connectivity index (χ2n) is 6.79. The van der Waals surface area contributed by atoms with E-state index in [1.807, 2.05) is 6.07 Å². The standard InChI is InChI=1S/C19H22N4O3S/c1-19(12-20,13-7-8-13)22-16(24)11-27-18-21-15-6-4-3-5-14(15)17(25)23(18)9-10-26-2/h3-6,13H,7-11H2,1-2H3,(H,22,24)/t19-/m0/s1. The van der Waals surface area contributed by atoms with Crippen LogP contribution in [0.25, 0.3) is 10.9 Å². The molecule has 0 unspecified atom stereocenters. The SMILES string of the molecule is COCCn1c(SCC(=O)N[C@@](C)(C#N)C2CC2)nc2ccccc2c1=O. The number of amides is 1. The Morgan fingerprint density at radius 1 is 1.48 bits per heavy atom. The van der Waals surface area contributed by atoms with Gasteiger partial charge in [-0.15, -0.1) is 0 Å². The van der Waals surface area contributed by atoms with Crippen LogP contribution in [0.1, 0.15) is 19.8 Å². The van der Waals surface area contributed by atoms with Gasteiger partial charge < -0.3 is 10.1 Å². The van der Waals surface area contributed by atoms with E-state index in [2.05, 4.69) is 16.4 Å². The van der Waals surface area contributed by atoms with E-state index in [0.29, 0.717) is 29.2 Å². The van der Waals surface area contributed by atoms with E-state index in [0.717, 1.165) is 12.8 Å². The van der Waals surface area contributed by atoms with Crippen molar-refractivity contribution in [3.05, 3.63) is 34.6 Å². The number of methoxy groups -OCH3 is 1. The van der Waals surface area contributed by atoms with Crippen molar-refractivity contribution in [1.29, 1.82) is 5.26 Å². The molecular weight excluding hydrogens is 364 g/mol. The number of ether oxygens (including phenoxy) is 1. The van der Waals surface area contributed by atoms with Gasteiger partial charge in [-0.25, -0.2) is 4.98 Å². The van der Waals surface area contributed by atoms with Gasteiger partial charge in [-0.05, 0) is 37.8 Å². The maximum atomic E-state index is 12.8. The molecular formula is C19H22N4O3S. The molecule has 0 spiro atoms. The molecule has 0 radical (unpaired) electrons. The van der Waals surface area contributed by atoms with Crippen LogP contribution in [-0.2, 0) is 16.1 Å². The zero-order chi connectivity index (χ0) is 19.4. The zero-order valence-corrected chi connectivity index (χ0v) is 16.2. The van der Waals surface area contributed by atoms with Gasteiger partial charge in [0, 0.05) is 7.11 Å². The minimum atomic E-state index is -0.829. The second-order valence-corrected chi connectivity index (χ2v) is 7.73. The van der Waals surface area contributed by atoms with E-state index < -0.39 is 5.54 Å². The van der Waals surface area contributed by atoms with Crippen LogP contribution >= 0.6 is 11.8 Å². The molecule has 3 rings (SSSR count). The molecule has 0 aliphatic heterocycles. The summed E-state index contributed by atoms with van der Waals surface area (Å²) in [5, 5.41) is 13.2. The first-order valence-corrected chi connectivity index (χ1v) is 9.80. The third-order valence-electron chi connectivity index (χ3n) is 4.70. The van der Waals surface area contributed by atoms with Crippen molar-refractivity contribution in [2.24, 2.45) is 5.92 Å². The first kappa shape index (κ1) is 19.4. The van der Waals surface area contributed by atoms with Gasteiger partial charge in [0.05, 0.1) is 35.9 Å². The van der Waals surface area contributed by atoms with Gasteiger partial charge in [-0.2, -0.15) is 5.26 Å². The average Bonchev–Trinajstić information content (AvgIpc) is 3.51. The number of nitrogens with one attached hydrogen (secondary N) is 1. The van der Waals surface area contributed by atoms with Crippen LogP contribution in [0.2, 0.25) is 0 Å². The highest BCUT2D eigenvalue weighted by molar-refractivity contribution is 7.99. The molecule has 2 aromatic rings. The van der Waals surface area contributed by atoms with E-state index in [4.69, 9.17) is 4.74 Å². The number of nitrogens with zero attached hydrogens (tertiary/aromatic N) is 3. The third-order valence-corrected chi connectivity index (χ3v) is 5.68. The number of para-hydroxylation sites is 1. The molecule has 1 aromatic heterocycles. The Hall–Kier alpha value is -2.37. The number of carbonyl (C=O) groups excluding carboxylic acids is 1. The molecule has 142 valence electrons. The lowest BCUT2D eigenvalue weighted by Gasteiger charge is -2.22. The highest BCUT2D eigenvalue weighted by Gasteiger charge is 2.42. The summed E-state index contributed by atoms with van der Waals surface area (Å²) in [6, 6.07) is 9.35. The third kappa shape index (κ3) is 4.31. The van der Waals surface area contributed by atoms with Crippen molar-refractivity contribution in [1.82, 2.24) is 14.9 Å². The fraction of sp³-hybridized carbons (Fsp3) is 0.474. The predicted molar refractivity (Wildman–Crippen MR) is 103 cm³/mol. The van der Waals surface area contributed by atoms with Crippen LogP contribution in [0.4, 0.5) is 0 Å². The van der Waals surface area contributed by atoms with Gasteiger partial charge in [-0.3, -0.25) is 14.2 Å². The molecule has 1 fully saturated rings. The number of carbonyl (C=O) groups is 1. The van der Waals surface area contributed by atoms with E-state index in [1.54, 1.807) is 32.2 Å². The number of aromatic nitrogens is 2. The summed E-state index contributed by atoms with van der Waals surface area (Å²) in [7, 11) is 1.57. The first-order valence-electron chi connectivity index (χ1n) is 8.82. The maximum absolute atomic E-state index is 12.8. The van der Waals surface area contributed by atoms with Gasteiger partial charge in [0.25, 0.3) is 5.56 Å². The van der Waals surface area contributed by atoms with Crippen molar-refractivity contribution < 1.29 is 9.53 Å². The molecule has 1 aliphatic carbocycles. The molecule has 1 aliphatic rings. The zero-order valence-electron chi connectivity index (χ0n) is 15.4. The van der Waals surface area contributed by atoms with E-state index >= 15 is 0 Å². The van der Waals surface area contributed by atoms with Gasteiger partial charge in [-0.1, -0.05) is 23.9 Å². The summed E-state index contributed by atoms with van der Waals surface area (Å²) in [4.78, 5) is 29.7. The van der Waals surface area contributed by atoms with Gasteiger partial charge in [0.15, 0.2) is 5.16 Å². The fourth-order valence-corrected chi connectivity index (χ4v) is 3.80. The molecule has 1 saturated carbocycles. The number of fused-ring (bicyclic) bond motifs is 1. The maximum Gasteiger partial charge on any atom is 0.262 e. The first-order chi connectivity index (χ1) is 13.0. The van der Waals surface area contributed by atoms with Gasteiger partial charge in [0.2, 0.25) is 5.91 Å². The number of hydrogen-bond acceptors (Lipinski definition) is 6. The fourth-order valence-electron chi connectivity index (χ4n) is 2.98. The van der Waals surface area contributed by atoms with E-state index in [-0.39, 0.29) is 23.1 Å². The number of hydrogen-bond donors (Lipinski definition) is 1. The molecule has 1 amide bonds. The summed E-state index contributed by atoms with van der Waals surface area (Å²) in [5.41, 5.74) is -0.385. The van der Waals surface area contributed by atoms with Crippen LogP contribution in [0.15, 0.2) is 34.2 Å². The van der Waals surface area contributed by atoms with E-state index in [1.165, 1.54) is 16.3 Å². The molecule has 1 heterocycles.